The number of nitrogens with zero attached hydrogens (tertiary/aromatic N) is 3. The number of benzene rings is 1. The van der Waals surface area contributed by atoms with E-state index in [1.165, 1.54) is 12.5 Å². The third-order valence-electron chi connectivity index (χ3n) is 4.87. The van der Waals surface area contributed by atoms with E-state index in [1.807, 2.05) is 11.0 Å². The monoisotopic (exact) mass is 356 g/mol. The van der Waals surface area contributed by atoms with Crippen molar-refractivity contribution in [3.63, 3.8) is 0 Å². The molecule has 5 nitrogen and oxygen atoms in total. The molecular weight excluding hydrogens is 331 g/mol. The van der Waals surface area contributed by atoms with E-state index in [4.69, 9.17) is 0 Å². The molecule has 0 bridgehead atoms. The first-order valence-electron chi connectivity index (χ1n) is 9.30. The van der Waals surface area contributed by atoms with Crippen molar-refractivity contribution >= 4 is 11.9 Å². The molecule has 2 heterocycles. The van der Waals surface area contributed by atoms with Crippen LogP contribution >= 0.6 is 0 Å². The van der Waals surface area contributed by atoms with Gasteiger partial charge in [-0.15, -0.1) is 0 Å². The number of nitrogens with one attached hydrogen (secondary N) is 1. The van der Waals surface area contributed by atoms with Gasteiger partial charge in [-0.1, -0.05) is 25.1 Å². The van der Waals surface area contributed by atoms with Crippen LogP contribution in [0.1, 0.15) is 48.7 Å². The Hall–Kier alpha value is -2.50. The molecule has 1 amide bonds. The van der Waals surface area contributed by atoms with Crippen LogP contribution in [0.2, 0.25) is 0 Å². The predicted molar refractivity (Wildman–Crippen MR) is 99.6 cm³/mol. The van der Waals surface area contributed by atoms with Crippen LogP contribution in [-0.4, -0.2) is 39.9 Å². The average molecular weight is 356 g/mol. The van der Waals surface area contributed by atoms with Crippen molar-refractivity contribution in [2.45, 2.75) is 45.1 Å². The van der Waals surface area contributed by atoms with Gasteiger partial charge in [0.25, 0.3) is 5.91 Å². The molecule has 1 fully saturated rings. The number of amides is 1. The average Bonchev–Trinajstić information content (AvgIpc) is 2.69. The summed E-state index contributed by atoms with van der Waals surface area (Å²) in [5, 5.41) is 3.08. The van der Waals surface area contributed by atoms with Crippen LogP contribution in [0.4, 0.5) is 10.3 Å². The number of carbonyl (C=O) groups is 1. The van der Waals surface area contributed by atoms with E-state index >= 15 is 0 Å². The summed E-state index contributed by atoms with van der Waals surface area (Å²) >= 11 is 0. The second kappa shape index (κ2) is 8.74. The Kier molecular flexibility index (Phi) is 6.15. The number of piperidine rings is 1. The zero-order valence-corrected chi connectivity index (χ0v) is 15.1. The lowest BCUT2D eigenvalue weighted by Crippen LogP contribution is -2.43. The second-order valence-electron chi connectivity index (χ2n) is 6.59. The Morgan fingerprint density at radius 1 is 1.31 bits per heavy atom. The number of hydrogen-bond donors (Lipinski definition) is 1. The molecule has 3 rings (SSSR count). The van der Waals surface area contributed by atoms with Gasteiger partial charge in [0.1, 0.15) is 11.5 Å². The molecule has 0 radical (unpaired) electrons. The van der Waals surface area contributed by atoms with E-state index in [0.29, 0.717) is 36.2 Å². The second-order valence-corrected chi connectivity index (χ2v) is 6.59. The third kappa shape index (κ3) is 4.36. The molecule has 26 heavy (non-hydrogen) atoms. The maximum atomic E-state index is 13.7. The zero-order chi connectivity index (χ0) is 18.4. The quantitative estimate of drug-likeness (QED) is 0.858. The molecule has 1 N–H and O–H groups in total. The highest BCUT2D eigenvalue weighted by atomic mass is 19.1. The van der Waals surface area contributed by atoms with Gasteiger partial charge in [-0.25, -0.2) is 14.4 Å². The lowest BCUT2D eigenvalue weighted by Gasteiger charge is -2.35. The van der Waals surface area contributed by atoms with Gasteiger partial charge in [0.05, 0.1) is 0 Å². The van der Waals surface area contributed by atoms with E-state index in [9.17, 15) is 9.18 Å². The highest BCUT2D eigenvalue weighted by Gasteiger charge is 2.27. The first-order chi connectivity index (χ1) is 12.7. The summed E-state index contributed by atoms with van der Waals surface area (Å²) in [6.45, 7) is 3.41. The maximum absolute atomic E-state index is 13.7. The first kappa shape index (κ1) is 18.3. The van der Waals surface area contributed by atoms with Crippen molar-refractivity contribution in [3.05, 3.63) is 53.6 Å². The van der Waals surface area contributed by atoms with Crippen molar-refractivity contribution in [3.8, 4) is 0 Å². The van der Waals surface area contributed by atoms with Gasteiger partial charge in [-0.05, 0) is 49.8 Å². The number of likely N-dealkylation sites (tertiary alicyclic amines) is 1. The molecule has 1 unspecified atom stereocenters. The third-order valence-corrected chi connectivity index (χ3v) is 4.87. The van der Waals surface area contributed by atoms with E-state index in [1.54, 1.807) is 24.4 Å². The molecule has 0 saturated carbocycles. The molecule has 0 aliphatic carbocycles. The highest BCUT2D eigenvalue weighted by molar-refractivity contribution is 5.92. The van der Waals surface area contributed by atoms with Crippen LogP contribution < -0.4 is 5.32 Å². The molecule has 1 aliphatic rings. The van der Waals surface area contributed by atoms with Crippen molar-refractivity contribution in [2.24, 2.45) is 0 Å². The molecular formula is C20H25FN4O. The smallest absolute Gasteiger partial charge is 0.272 e. The Bertz CT molecular complexity index is 752. The summed E-state index contributed by atoms with van der Waals surface area (Å²) in [6, 6.07) is 8.66. The molecule has 1 saturated heterocycles. The van der Waals surface area contributed by atoms with Gasteiger partial charge in [-0.3, -0.25) is 4.79 Å². The minimum Gasteiger partial charge on any atom is -0.354 e. The lowest BCUT2D eigenvalue weighted by atomic mass is 9.99. The summed E-state index contributed by atoms with van der Waals surface area (Å²) < 4.78 is 13.7. The highest BCUT2D eigenvalue weighted by Crippen LogP contribution is 2.21. The zero-order valence-electron chi connectivity index (χ0n) is 15.1. The van der Waals surface area contributed by atoms with Gasteiger partial charge in [-0.2, -0.15) is 0 Å². The summed E-state index contributed by atoms with van der Waals surface area (Å²) in [5.74, 6) is 0.156. The van der Waals surface area contributed by atoms with Crippen LogP contribution in [0.3, 0.4) is 0 Å². The Labute approximate surface area is 153 Å². The SMILES string of the molecule is CCC1CCCCN1C(=O)c1ccnc(NCCc2ccccc2F)n1. The van der Waals surface area contributed by atoms with Crippen molar-refractivity contribution in [1.82, 2.24) is 14.9 Å². The summed E-state index contributed by atoms with van der Waals surface area (Å²) in [6.07, 6.45) is 6.36. The summed E-state index contributed by atoms with van der Waals surface area (Å²) in [7, 11) is 0. The summed E-state index contributed by atoms with van der Waals surface area (Å²) in [5.41, 5.74) is 1.06. The number of hydrogen-bond acceptors (Lipinski definition) is 4. The number of halogens is 1. The van der Waals surface area contributed by atoms with Crippen LogP contribution in [0.25, 0.3) is 0 Å². The fourth-order valence-corrected chi connectivity index (χ4v) is 3.41. The fraction of sp³-hybridized carbons (Fsp3) is 0.450. The van der Waals surface area contributed by atoms with Crippen LogP contribution in [-0.2, 0) is 6.42 Å². The topological polar surface area (TPSA) is 58.1 Å². The molecule has 138 valence electrons. The molecule has 1 aliphatic heterocycles. The van der Waals surface area contributed by atoms with Crippen LogP contribution in [0, 0.1) is 5.82 Å². The number of anilines is 1. The maximum Gasteiger partial charge on any atom is 0.272 e. The van der Waals surface area contributed by atoms with Crippen LogP contribution in [0.5, 0.6) is 0 Å². The predicted octanol–water partition coefficient (Wildman–Crippen LogP) is 3.68. The number of carbonyl (C=O) groups excluding carboxylic acids is 1. The first-order valence-corrected chi connectivity index (χ1v) is 9.30. The molecule has 0 spiro atoms. The minimum absolute atomic E-state index is 0.0314. The Morgan fingerprint density at radius 2 is 2.15 bits per heavy atom. The van der Waals surface area contributed by atoms with Crippen LogP contribution in [0.15, 0.2) is 36.5 Å². The molecule has 2 aromatic rings. The standard InChI is InChI=1S/C20H25FN4O/c1-2-16-8-5-6-14-25(16)19(26)18-11-13-23-20(24-18)22-12-10-15-7-3-4-9-17(15)21/h3-4,7,9,11,13,16H,2,5-6,8,10,12,14H2,1H3,(H,22,23,24). The molecule has 6 heteroatoms. The summed E-state index contributed by atoms with van der Waals surface area (Å²) in [4.78, 5) is 23.3. The van der Waals surface area contributed by atoms with Crippen molar-refractivity contribution in [1.29, 1.82) is 0 Å². The van der Waals surface area contributed by atoms with E-state index in [2.05, 4.69) is 22.2 Å². The van der Waals surface area contributed by atoms with Crippen molar-refractivity contribution in [2.75, 3.05) is 18.4 Å². The fourth-order valence-electron chi connectivity index (χ4n) is 3.41. The minimum atomic E-state index is -0.213. The van der Waals surface area contributed by atoms with Gasteiger partial charge >= 0.3 is 0 Å². The van der Waals surface area contributed by atoms with Gasteiger partial charge < -0.3 is 10.2 Å². The van der Waals surface area contributed by atoms with Crippen molar-refractivity contribution < 1.29 is 9.18 Å². The molecule has 1 aromatic carbocycles. The molecule has 1 aromatic heterocycles. The van der Waals surface area contributed by atoms with E-state index < -0.39 is 0 Å². The number of rotatable bonds is 6. The van der Waals surface area contributed by atoms with Gasteiger partial charge in [0, 0.05) is 25.3 Å². The normalized spacial score (nSPS) is 17.2. The number of aromatic nitrogens is 2. The largest absolute Gasteiger partial charge is 0.354 e. The van der Waals surface area contributed by atoms with E-state index in [-0.39, 0.29) is 11.7 Å². The Morgan fingerprint density at radius 3 is 2.96 bits per heavy atom. The van der Waals surface area contributed by atoms with Gasteiger partial charge in [0.2, 0.25) is 5.95 Å². The Balaban J connectivity index is 1.62. The van der Waals surface area contributed by atoms with Gasteiger partial charge in [0.15, 0.2) is 0 Å². The molecule has 1 atom stereocenters. The lowest BCUT2D eigenvalue weighted by molar-refractivity contribution is 0.0602. The van der Waals surface area contributed by atoms with E-state index in [0.717, 1.165) is 25.8 Å².